The maximum Gasteiger partial charge on any atom is 0.387 e. The number of aryl methyl sites for hydroxylation is 2. The molecule has 4 heteroatoms. The summed E-state index contributed by atoms with van der Waals surface area (Å²) in [4.78, 5) is 10.2. The molecule has 0 unspecified atom stereocenters. The van der Waals surface area contributed by atoms with Gasteiger partial charge in [0, 0.05) is 6.42 Å². The maximum absolute atomic E-state index is 12.2. The van der Waals surface area contributed by atoms with Crippen molar-refractivity contribution < 1.29 is 18.3 Å². The van der Waals surface area contributed by atoms with Crippen molar-refractivity contribution in [3.05, 3.63) is 29.3 Å². The molecule has 0 spiro atoms. The highest BCUT2D eigenvalue weighted by atomic mass is 19.3. The van der Waals surface area contributed by atoms with E-state index in [1.807, 2.05) is 13.0 Å². The van der Waals surface area contributed by atoms with Crippen LogP contribution in [0.4, 0.5) is 8.78 Å². The second-order valence-corrected chi connectivity index (χ2v) is 3.38. The predicted molar refractivity (Wildman–Crippen MR) is 56.8 cm³/mol. The van der Waals surface area contributed by atoms with Gasteiger partial charge in [-0.05, 0) is 30.0 Å². The Bertz CT molecular complexity index is 351. The minimum Gasteiger partial charge on any atom is -0.435 e. The molecule has 0 N–H and O–H groups in total. The normalized spacial score (nSPS) is 10.5. The Morgan fingerprint density at radius 3 is 2.75 bits per heavy atom. The molecule has 16 heavy (non-hydrogen) atoms. The van der Waals surface area contributed by atoms with E-state index in [1.54, 1.807) is 12.1 Å². The number of aldehydes is 1. The number of rotatable bonds is 6. The second-order valence-electron chi connectivity index (χ2n) is 3.38. The summed E-state index contributed by atoms with van der Waals surface area (Å²) in [6.07, 6.45) is 2.26. The molecule has 0 aliphatic carbocycles. The van der Waals surface area contributed by atoms with Gasteiger partial charge in [0.1, 0.15) is 12.0 Å². The van der Waals surface area contributed by atoms with Crippen LogP contribution in [0.1, 0.15) is 24.5 Å². The average Bonchev–Trinajstić information content (AvgIpc) is 2.26. The van der Waals surface area contributed by atoms with Crippen LogP contribution in [-0.2, 0) is 17.6 Å². The monoisotopic (exact) mass is 228 g/mol. The smallest absolute Gasteiger partial charge is 0.387 e. The van der Waals surface area contributed by atoms with Crippen molar-refractivity contribution >= 4 is 6.29 Å². The second kappa shape index (κ2) is 6.20. The molecule has 0 atom stereocenters. The standard InChI is InChI=1S/C12H14F2O2/c1-2-9-5-6-10(4-3-7-15)11(8-9)16-12(13)14/h5-8,12H,2-4H2,1H3. The average molecular weight is 228 g/mol. The lowest BCUT2D eigenvalue weighted by molar-refractivity contribution is -0.107. The Hall–Kier alpha value is -1.45. The van der Waals surface area contributed by atoms with E-state index < -0.39 is 6.61 Å². The third-order valence-corrected chi connectivity index (χ3v) is 2.29. The summed E-state index contributed by atoms with van der Waals surface area (Å²) < 4.78 is 28.8. The summed E-state index contributed by atoms with van der Waals surface area (Å²) in [5.41, 5.74) is 1.58. The highest BCUT2D eigenvalue weighted by Gasteiger charge is 2.10. The van der Waals surface area contributed by atoms with Crippen LogP contribution in [0, 0.1) is 0 Å². The van der Waals surface area contributed by atoms with E-state index in [-0.39, 0.29) is 5.75 Å². The molecule has 1 aromatic carbocycles. The van der Waals surface area contributed by atoms with Gasteiger partial charge >= 0.3 is 6.61 Å². The number of carbonyl (C=O) groups is 1. The van der Waals surface area contributed by atoms with Crippen LogP contribution in [0.2, 0.25) is 0 Å². The van der Waals surface area contributed by atoms with Gasteiger partial charge in [0.25, 0.3) is 0 Å². The van der Waals surface area contributed by atoms with Crippen LogP contribution < -0.4 is 4.74 Å². The molecule has 0 amide bonds. The summed E-state index contributed by atoms with van der Waals surface area (Å²) in [5.74, 6) is 0.177. The van der Waals surface area contributed by atoms with E-state index in [2.05, 4.69) is 4.74 Å². The van der Waals surface area contributed by atoms with Gasteiger partial charge in [-0.3, -0.25) is 0 Å². The van der Waals surface area contributed by atoms with E-state index in [0.29, 0.717) is 18.4 Å². The van der Waals surface area contributed by atoms with Crippen molar-refractivity contribution in [2.45, 2.75) is 32.8 Å². The topological polar surface area (TPSA) is 26.3 Å². The first-order valence-corrected chi connectivity index (χ1v) is 5.17. The SMILES string of the molecule is CCc1ccc(CCC=O)c(OC(F)F)c1. The van der Waals surface area contributed by atoms with Crippen LogP contribution in [0.5, 0.6) is 5.75 Å². The summed E-state index contributed by atoms with van der Waals surface area (Å²) in [6.45, 7) is -0.894. The first-order chi connectivity index (χ1) is 7.67. The van der Waals surface area contributed by atoms with Crippen LogP contribution in [0.15, 0.2) is 18.2 Å². The number of halogens is 2. The van der Waals surface area contributed by atoms with Gasteiger partial charge in [-0.2, -0.15) is 8.78 Å². The summed E-state index contributed by atoms with van der Waals surface area (Å²) in [7, 11) is 0. The number of carbonyl (C=O) groups excluding carboxylic acids is 1. The fourth-order valence-corrected chi connectivity index (χ4v) is 1.45. The lowest BCUT2D eigenvalue weighted by Gasteiger charge is -2.11. The molecule has 0 heterocycles. The van der Waals surface area contributed by atoms with Gasteiger partial charge in [0.05, 0.1) is 0 Å². The predicted octanol–water partition coefficient (Wildman–Crippen LogP) is 2.98. The Kier molecular flexibility index (Phi) is 4.89. The van der Waals surface area contributed by atoms with Gasteiger partial charge in [-0.15, -0.1) is 0 Å². The van der Waals surface area contributed by atoms with Crippen molar-refractivity contribution in [3.63, 3.8) is 0 Å². The minimum atomic E-state index is -2.83. The molecule has 0 bridgehead atoms. The minimum absolute atomic E-state index is 0.177. The lowest BCUT2D eigenvalue weighted by atomic mass is 10.0. The van der Waals surface area contributed by atoms with Crippen LogP contribution in [0.3, 0.4) is 0 Å². The third-order valence-electron chi connectivity index (χ3n) is 2.29. The van der Waals surface area contributed by atoms with Crippen molar-refractivity contribution in [1.29, 1.82) is 0 Å². The van der Waals surface area contributed by atoms with Gasteiger partial charge in [0.2, 0.25) is 0 Å². The molecule has 88 valence electrons. The molecule has 0 aliphatic heterocycles. The summed E-state index contributed by atoms with van der Waals surface area (Å²) in [6, 6.07) is 5.20. The molecular formula is C12H14F2O2. The van der Waals surface area contributed by atoms with Crippen molar-refractivity contribution in [2.75, 3.05) is 0 Å². The van der Waals surface area contributed by atoms with Crippen LogP contribution >= 0.6 is 0 Å². The molecule has 0 fully saturated rings. The number of alkyl halides is 2. The zero-order chi connectivity index (χ0) is 12.0. The quantitative estimate of drug-likeness (QED) is 0.700. The first kappa shape index (κ1) is 12.6. The molecule has 0 saturated heterocycles. The Morgan fingerprint density at radius 2 is 2.19 bits per heavy atom. The fraction of sp³-hybridized carbons (Fsp3) is 0.417. The van der Waals surface area contributed by atoms with E-state index >= 15 is 0 Å². The van der Waals surface area contributed by atoms with E-state index in [1.165, 1.54) is 0 Å². The zero-order valence-electron chi connectivity index (χ0n) is 9.08. The largest absolute Gasteiger partial charge is 0.435 e. The molecule has 0 aliphatic rings. The van der Waals surface area contributed by atoms with E-state index in [4.69, 9.17) is 0 Å². The molecule has 0 aromatic heterocycles. The van der Waals surface area contributed by atoms with Gasteiger partial charge in [0.15, 0.2) is 0 Å². The number of hydrogen-bond donors (Lipinski definition) is 0. The molecule has 0 radical (unpaired) electrons. The highest BCUT2D eigenvalue weighted by molar-refractivity contribution is 5.51. The van der Waals surface area contributed by atoms with Crippen LogP contribution in [0.25, 0.3) is 0 Å². The Balaban J connectivity index is 2.91. The number of benzene rings is 1. The third kappa shape index (κ3) is 3.61. The van der Waals surface area contributed by atoms with Crippen molar-refractivity contribution in [3.8, 4) is 5.75 Å². The zero-order valence-corrected chi connectivity index (χ0v) is 9.08. The summed E-state index contributed by atoms with van der Waals surface area (Å²) in [5, 5.41) is 0. The van der Waals surface area contributed by atoms with Crippen LogP contribution in [-0.4, -0.2) is 12.9 Å². The van der Waals surface area contributed by atoms with Gasteiger partial charge in [-0.25, -0.2) is 0 Å². The summed E-state index contributed by atoms with van der Waals surface area (Å²) >= 11 is 0. The van der Waals surface area contributed by atoms with E-state index in [9.17, 15) is 13.6 Å². The molecule has 0 saturated carbocycles. The maximum atomic E-state index is 12.2. The Labute approximate surface area is 93.2 Å². The van der Waals surface area contributed by atoms with Gasteiger partial charge < -0.3 is 9.53 Å². The molecule has 1 rings (SSSR count). The first-order valence-electron chi connectivity index (χ1n) is 5.17. The molecule has 2 nitrogen and oxygen atoms in total. The Morgan fingerprint density at radius 1 is 1.44 bits per heavy atom. The lowest BCUT2D eigenvalue weighted by Crippen LogP contribution is -2.05. The van der Waals surface area contributed by atoms with Gasteiger partial charge in [-0.1, -0.05) is 19.1 Å². The fourth-order valence-electron chi connectivity index (χ4n) is 1.45. The van der Waals surface area contributed by atoms with Crippen molar-refractivity contribution in [1.82, 2.24) is 0 Å². The molecular weight excluding hydrogens is 214 g/mol. The van der Waals surface area contributed by atoms with Crippen molar-refractivity contribution in [2.24, 2.45) is 0 Å². The number of hydrogen-bond acceptors (Lipinski definition) is 2. The highest BCUT2D eigenvalue weighted by Crippen LogP contribution is 2.24. The number of ether oxygens (including phenoxy) is 1. The van der Waals surface area contributed by atoms with E-state index in [0.717, 1.165) is 18.3 Å². The molecule has 1 aromatic rings.